The Morgan fingerprint density at radius 1 is 1.20 bits per heavy atom. The lowest BCUT2D eigenvalue weighted by molar-refractivity contribution is 0.123. The largest absolute Gasteiger partial charge is 0.317 e. The number of likely N-dealkylation sites (tertiary alicyclic amines) is 1. The van der Waals surface area contributed by atoms with Crippen molar-refractivity contribution in [1.29, 1.82) is 0 Å². The van der Waals surface area contributed by atoms with Gasteiger partial charge in [-0.1, -0.05) is 13.8 Å². The van der Waals surface area contributed by atoms with Crippen LogP contribution >= 0.6 is 0 Å². The Balaban J connectivity index is 2.08. The van der Waals surface area contributed by atoms with E-state index >= 15 is 0 Å². The van der Waals surface area contributed by atoms with Gasteiger partial charge in [0.2, 0.25) is 0 Å². The maximum absolute atomic E-state index is 3.39. The minimum absolute atomic E-state index is 0.820. The quantitative estimate of drug-likeness (QED) is 0.681. The second-order valence-electron chi connectivity index (χ2n) is 5.09. The number of nitrogens with one attached hydrogen (secondary N) is 1. The highest BCUT2D eigenvalue weighted by atomic mass is 15.2. The molecule has 0 aliphatic carbocycles. The lowest BCUT2D eigenvalue weighted by Gasteiger charge is -2.36. The van der Waals surface area contributed by atoms with E-state index in [1.165, 1.54) is 45.3 Å². The van der Waals surface area contributed by atoms with Crippen LogP contribution in [0.5, 0.6) is 0 Å². The van der Waals surface area contributed by atoms with Gasteiger partial charge >= 0.3 is 0 Å². The number of nitrogens with zero attached hydrogens (tertiary/aromatic N) is 1. The first-order chi connectivity index (χ1) is 7.24. The highest BCUT2D eigenvalue weighted by Crippen LogP contribution is 2.21. The first kappa shape index (κ1) is 13.0. The summed E-state index contributed by atoms with van der Waals surface area (Å²) in [6.45, 7) is 11.9. The van der Waals surface area contributed by atoms with E-state index in [4.69, 9.17) is 0 Å². The average Bonchev–Trinajstić information content (AvgIpc) is 2.23. The molecule has 0 saturated carbocycles. The predicted octanol–water partition coefficient (Wildman–Crippen LogP) is 2.50. The van der Waals surface area contributed by atoms with Crippen molar-refractivity contribution in [3.63, 3.8) is 0 Å². The zero-order valence-electron chi connectivity index (χ0n) is 10.8. The van der Waals surface area contributed by atoms with Crippen molar-refractivity contribution in [2.45, 2.75) is 52.5 Å². The Morgan fingerprint density at radius 2 is 2.00 bits per heavy atom. The fourth-order valence-corrected chi connectivity index (χ4v) is 2.43. The molecule has 1 rings (SSSR count). The van der Waals surface area contributed by atoms with Gasteiger partial charge in [0.1, 0.15) is 0 Å². The third-order valence-corrected chi connectivity index (χ3v) is 3.55. The molecular weight excluding hydrogens is 184 g/mol. The van der Waals surface area contributed by atoms with E-state index in [9.17, 15) is 0 Å². The summed E-state index contributed by atoms with van der Waals surface area (Å²) in [4.78, 5) is 2.68. The number of hydrogen-bond donors (Lipinski definition) is 1. The van der Waals surface area contributed by atoms with Crippen LogP contribution in [-0.2, 0) is 0 Å². The fraction of sp³-hybridized carbons (Fsp3) is 1.00. The third-order valence-electron chi connectivity index (χ3n) is 3.55. The molecule has 1 aliphatic rings. The van der Waals surface area contributed by atoms with Crippen LogP contribution < -0.4 is 5.32 Å². The summed E-state index contributed by atoms with van der Waals surface area (Å²) in [6, 6.07) is 0.820. The molecule has 0 spiro atoms. The molecule has 1 N–H and O–H groups in total. The van der Waals surface area contributed by atoms with Crippen LogP contribution in [0.25, 0.3) is 0 Å². The van der Waals surface area contributed by atoms with E-state index in [0.29, 0.717) is 0 Å². The van der Waals surface area contributed by atoms with Crippen molar-refractivity contribution in [1.82, 2.24) is 10.2 Å². The molecular formula is C13H28N2. The van der Waals surface area contributed by atoms with Gasteiger partial charge in [-0.3, -0.25) is 0 Å². The summed E-state index contributed by atoms with van der Waals surface area (Å²) in [5, 5.41) is 3.39. The van der Waals surface area contributed by atoms with Crippen molar-refractivity contribution >= 4 is 0 Å². The summed E-state index contributed by atoms with van der Waals surface area (Å²) in [6.07, 6.45) is 5.50. The standard InChI is InChI=1S/C13H28N2/c1-4-14-9-5-6-10-15-11-12(2)7-8-13(15)3/h12-14H,4-11H2,1-3H3. The fourth-order valence-electron chi connectivity index (χ4n) is 2.43. The van der Waals surface area contributed by atoms with Gasteiger partial charge < -0.3 is 10.2 Å². The van der Waals surface area contributed by atoms with Crippen LogP contribution in [0.15, 0.2) is 0 Å². The molecule has 0 bridgehead atoms. The molecule has 0 aromatic carbocycles. The van der Waals surface area contributed by atoms with Crippen molar-refractivity contribution in [2.75, 3.05) is 26.2 Å². The van der Waals surface area contributed by atoms with Crippen LogP contribution in [0, 0.1) is 5.92 Å². The van der Waals surface area contributed by atoms with Crippen molar-refractivity contribution in [2.24, 2.45) is 5.92 Å². The molecule has 0 aromatic rings. The minimum Gasteiger partial charge on any atom is -0.317 e. The van der Waals surface area contributed by atoms with E-state index in [1.807, 2.05) is 0 Å². The summed E-state index contributed by atoms with van der Waals surface area (Å²) in [5.74, 6) is 0.912. The Labute approximate surface area is 95.4 Å². The molecule has 2 unspecified atom stereocenters. The van der Waals surface area contributed by atoms with Crippen LogP contribution in [0.4, 0.5) is 0 Å². The van der Waals surface area contributed by atoms with Gasteiger partial charge in [-0.2, -0.15) is 0 Å². The van der Waals surface area contributed by atoms with E-state index in [2.05, 4.69) is 31.0 Å². The molecule has 2 atom stereocenters. The summed E-state index contributed by atoms with van der Waals surface area (Å²) in [7, 11) is 0. The first-order valence-corrected chi connectivity index (χ1v) is 6.68. The predicted molar refractivity (Wildman–Crippen MR) is 67.2 cm³/mol. The zero-order valence-corrected chi connectivity index (χ0v) is 10.8. The Bertz CT molecular complexity index is 159. The van der Waals surface area contributed by atoms with Crippen LogP contribution in [0.2, 0.25) is 0 Å². The first-order valence-electron chi connectivity index (χ1n) is 6.68. The Hall–Kier alpha value is -0.0800. The van der Waals surface area contributed by atoms with Crippen molar-refractivity contribution in [3.8, 4) is 0 Å². The highest BCUT2D eigenvalue weighted by Gasteiger charge is 2.21. The maximum atomic E-state index is 3.39. The number of rotatable bonds is 6. The summed E-state index contributed by atoms with van der Waals surface area (Å²) < 4.78 is 0. The van der Waals surface area contributed by atoms with Gasteiger partial charge in [0.25, 0.3) is 0 Å². The van der Waals surface area contributed by atoms with Gasteiger partial charge in [-0.15, -0.1) is 0 Å². The normalized spacial score (nSPS) is 28.2. The molecule has 0 aromatic heterocycles. The second kappa shape index (κ2) is 7.24. The van der Waals surface area contributed by atoms with Gasteiger partial charge in [-0.05, 0) is 58.2 Å². The van der Waals surface area contributed by atoms with Gasteiger partial charge in [0, 0.05) is 12.6 Å². The van der Waals surface area contributed by atoms with Crippen LogP contribution in [0.1, 0.15) is 46.5 Å². The molecule has 1 heterocycles. The molecule has 2 heteroatoms. The highest BCUT2D eigenvalue weighted by molar-refractivity contribution is 4.76. The lowest BCUT2D eigenvalue weighted by atomic mass is 9.95. The lowest BCUT2D eigenvalue weighted by Crippen LogP contribution is -2.41. The number of hydrogen-bond acceptors (Lipinski definition) is 2. The zero-order chi connectivity index (χ0) is 11.1. The van der Waals surface area contributed by atoms with Crippen molar-refractivity contribution in [3.05, 3.63) is 0 Å². The number of unbranched alkanes of at least 4 members (excludes halogenated alkanes) is 1. The molecule has 2 nitrogen and oxygen atoms in total. The second-order valence-corrected chi connectivity index (χ2v) is 5.09. The SMILES string of the molecule is CCNCCCCN1CC(C)CCC1C. The monoisotopic (exact) mass is 212 g/mol. The molecule has 1 saturated heterocycles. The van der Waals surface area contributed by atoms with Crippen molar-refractivity contribution < 1.29 is 0 Å². The smallest absolute Gasteiger partial charge is 0.00671 e. The Morgan fingerprint density at radius 3 is 2.73 bits per heavy atom. The summed E-state index contributed by atoms with van der Waals surface area (Å²) in [5.41, 5.74) is 0. The van der Waals surface area contributed by atoms with Gasteiger partial charge in [0.05, 0.1) is 0 Å². The molecule has 90 valence electrons. The van der Waals surface area contributed by atoms with E-state index in [-0.39, 0.29) is 0 Å². The Kier molecular flexibility index (Phi) is 6.26. The maximum Gasteiger partial charge on any atom is 0.00671 e. The third kappa shape index (κ3) is 4.98. The van der Waals surface area contributed by atoms with Crippen LogP contribution in [0.3, 0.4) is 0 Å². The topological polar surface area (TPSA) is 15.3 Å². The average molecular weight is 212 g/mol. The van der Waals surface area contributed by atoms with E-state index < -0.39 is 0 Å². The van der Waals surface area contributed by atoms with Crippen LogP contribution in [-0.4, -0.2) is 37.1 Å². The molecule has 15 heavy (non-hydrogen) atoms. The number of piperidine rings is 1. The molecule has 0 amide bonds. The van der Waals surface area contributed by atoms with Gasteiger partial charge in [-0.25, -0.2) is 0 Å². The molecule has 1 fully saturated rings. The minimum atomic E-state index is 0.820. The molecule has 1 aliphatic heterocycles. The van der Waals surface area contributed by atoms with E-state index in [1.54, 1.807) is 0 Å². The van der Waals surface area contributed by atoms with E-state index in [0.717, 1.165) is 18.5 Å². The summed E-state index contributed by atoms with van der Waals surface area (Å²) >= 11 is 0. The molecule has 0 radical (unpaired) electrons. The van der Waals surface area contributed by atoms with Gasteiger partial charge in [0.15, 0.2) is 0 Å².